The number of carbonyl (C=O) groups is 1. The third-order valence-corrected chi connectivity index (χ3v) is 3.45. The molecule has 2 aromatic carbocycles. The minimum absolute atomic E-state index is 0.396. The molecule has 0 bridgehead atoms. The van der Waals surface area contributed by atoms with Gasteiger partial charge in [-0.25, -0.2) is 4.39 Å². The van der Waals surface area contributed by atoms with E-state index in [-0.39, 0.29) is 0 Å². The molecule has 0 aliphatic heterocycles. The van der Waals surface area contributed by atoms with Crippen LogP contribution in [0.5, 0.6) is 0 Å². The molecule has 0 saturated heterocycles. The number of halogens is 1. The molecule has 2 rings (SSSR count). The predicted molar refractivity (Wildman–Crippen MR) is 92.1 cm³/mol. The number of rotatable bonds is 5. The van der Waals surface area contributed by atoms with Gasteiger partial charge in [0, 0.05) is 5.56 Å². The van der Waals surface area contributed by atoms with E-state index in [1.54, 1.807) is 19.1 Å². The zero-order valence-corrected chi connectivity index (χ0v) is 13.8. The average molecular weight is 317 g/mol. The highest BCUT2D eigenvalue weighted by Crippen LogP contribution is 2.26. The molecule has 0 radical (unpaired) electrons. The highest BCUT2D eigenvalue weighted by atomic mass is 19.1. The van der Waals surface area contributed by atoms with Gasteiger partial charge in [0.25, 0.3) is 0 Å². The zero-order valence-electron chi connectivity index (χ0n) is 13.8. The van der Waals surface area contributed by atoms with E-state index in [0.717, 1.165) is 18.7 Å². The first-order valence-electron chi connectivity index (χ1n) is 7.79. The summed E-state index contributed by atoms with van der Waals surface area (Å²) in [7, 11) is 0. The van der Waals surface area contributed by atoms with E-state index in [4.69, 9.17) is 5.11 Å². The maximum atomic E-state index is 14.0. The van der Waals surface area contributed by atoms with E-state index < -0.39 is 17.7 Å². The Balaban J connectivity index is 0.000000463. The first kappa shape index (κ1) is 18.8. The van der Waals surface area contributed by atoms with E-state index in [1.807, 2.05) is 30.3 Å². The van der Waals surface area contributed by atoms with Crippen LogP contribution in [-0.2, 0) is 4.79 Å². The Bertz CT molecular complexity index is 612. The van der Waals surface area contributed by atoms with Crippen molar-refractivity contribution in [1.29, 1.82) is 0 Å². The van der Waals surface area contributed by atoms with Crippen LogP contribution in [-0.4, -0.2) is 24.2 Å². The number of hydrogen-bond acceptors (Lipinski definition) is 2. The molecule has 0 spiro atoms. The highest BCUT2D eigenvalue weighted by Gasteiger charge is 2.15. The quantitative estimate of drug-likeness (QED) is 0.864. The monoisotopic (exact) mass is 317 g/mol. The fraction of sp³-hybridized carbons (Fsp3) is 0.316. The Morgan fingerprint density at radius 1 is 1.13 bits per heavy atom. The van der Waals surface area contributed by atoms with Crippen molar-refractivity contribution in [2.75, 3.05) is 13.1 Å². The number of aliphatic carboxylic acids is 1. The van der Waals surface area contributed by atoms with Gasteiger partial charge in [-0.3, -0.25) is 4.79 Å². The Morgan fingerprint density at radius 2 is 1.74 bits per heavy atom. The molecule has 0 aromatic heterocycles. The fourth-order valence-corrected chi connectivity index (χ4v) is 2.05. The lowest BCUT2D eigenvalue weighted by Gasteiger charge is -2.09. The summed E-state index contributed by atoms with van der Waals surface area (Å²) in [5, 5.41) is 12.0. The second-order valence-electron chi connectivity index (χ2n) is 5.12. The lowest BCUT2D eigenvalue weighted by Crippen LogP contribution is -2.09. The molecule has 0 aliphatic carbocycles. The van der Waals surface area contributed by atoms with Gasteiger partial charge in [0.05, 0.1) is 5.92 Å². The molecule has 1 atom stereocenters. The second-order valence-corrected chi connectivity index (χ2v) is 5.12. The van der Waals surface area contributed by atoms with E-state index in [1.165, 1.54) is 6.07 Å². The molecule has 0 amide bonds. The molecule has 2 aromatic rings. The van der Waals surface area contributed by atoms with Crippen LogP contribution in [0.25, 0.3) is 11.1 Å². The Kier molecular flexibility index (Phi) is 7.98. The molecule has 0 fully saturated rings. The second kappa shape index (κ2) is 9.74. The van der Waals surface area contributed by atoms with Crippen LogP contribution < -0.4 is 5.32 Å². The van der Waals surface area contributed by atoms with Gasteiger partial charge in [-0.15, -0.1) is 0 Å². The van der Waals surface area contributed by atoms with Gasteiger partial charge in [0.15, 0.2) is 0 Å². The Hall–Kier alpha value is -2.20. The largest absolute Gasteiger partial charge is 0.481 e. The van der Waals surface area contributed by atoms with Gasteiger partial charge in [-0.05, 0) is 37.2 Å². The van der Waals surface area contributed by atoms with Crippen molar-refractivity contribution in [1.82, 2.24) is 5.32 Å². The van der Waals surface area contributed by atoms with Gasteiger partial charge in [-0.2, -0.15) is 0 Å². The van der Waals surface area contributed by atoms with Crippen LogP contribution in [0.1, 0.15) is 32.3 Å². The van der Waals surface area contributed by atoms with Gasteiger partial charge < -0.3 is 10.4 Å². The maximum Gasteiger partial charge on any atom is 0.310 e. The molecule has 23 heavy (non-hydrogen) atoms. The topological polar surface area (TPSA) is 49.3 Å². The zero-order chi connectivity index (χ0) is 17.2. The lowest BCUT2D eigenvalue weighted by atomic mass is 9.97. The number of hydrogen-bond donors (Lipinski definition) is 2. The summed E-state index contributed by atoms with van der Waals surface area (Å²) in [6.07, 6.45) is 0. The predicted octanol–water partition coefficient (Wildman–Crippen LogP) is 4.30. The van der Waals surface area contributed by atoms with Crippen molar-refractivity contribution < 1.29 is 14.3 Å². The van der Waals surface area contributed by atoms with E-state index in [0.29, 0.717) is 11.1 Å². The summed E-state index contributed by atoms with van der Waals surface area (Å²) in [5.74, 6) is -2.06. The SMILES string of the molecule is CC(C(=O)O)c1ccc(-c2ccccc2)c(F)c1.CCNCC. The van der Waals surface area contributed by atoms with E-state index in [2.05, 4.69) is 19.2 Å². The lowest BCUT2D eigenvalue weighted by molar-refractivity contribution is -0.138. The van der Waals surface area contributed by atoms with Crippen molar-refractivity contribution in [2.45, 2.75) is 26.7 Å². The Labute approximate surface area is 137 Å². The van der Waals surface area contributed by atoms with Crippen LogP contribution in [0.4, 0.5) is 4.39 Å². The summed E-state index contributed by atoms with van der Waals surface area (Å²) in [5.41, 5.74) is 1.74. The summed E-state index contributed by atoms with van der Waals surface area (Å²) < 4.78 is 14.0. The standard InChI is InChI=1S/C15H13FO2.C4H11N/c1-10(15(17)18)12-7-8-13(14(16)9-12)11-5-3-2-4-6-11;1-3-5-4-2/h2-10H,1H3,(H,17,18);5H,3-4H2,1-2H3. The maximum absolute atomic E-state index is 14.0. The van der Waals surface area contributed by atoms with Crippen LogP contribution in [0.15, 0.2) is 48.5 Å². The van der Waals surface area contributed by atoms with Crippen molar-refractivity contribution in [3.8, 4) is 11.1 Å². The summed E-state index contributed by atoms with van der Waals surface area (Å²) in [6, 6.07) is 13.7. The molecular weight excluding hydrogens is 293 g/mol. The van der Waals surface area contributed by atoms with Crippen molar-refractivity contribution in [3.05, 3.63) is 59.9 Å². The van der Waals surface area contributed by atoms with Crippen LogP contribution in [0.3, 0.4) is 0 Å². The molecule has 0 heterocycles. The summed E-state index contributed by atoms with van der Waals surface area (Å²) in [4.78, 5) is 10.8. The van der Waals surface area contributed by atoms with Crippen molar-refractivity contribution in [3.63, 3.8) is 0 Å². The van der Waals surface area contributed by atoms with Gasteiger partial charge in [0.1, 0.15) is 5.82 Å². The van der Waals surface area contributed by atoms with Crippen LogP contribution in [0.2, 0.25) is 0 Å². The third kappa shape index (κ3) is 5.83. The minimum atomic E-state index is -0.957. The normalized spacial score (nSPS) is 11.3. The molecule has 4 heteroatoms. The molecule has 3 nitrogen and oxygen atoms in total. The van der Waals surface area contributed by atoms with Crippen molar-refractivity contribution >= 4 is 5.97 Å². The molecule has 124 valence electrons. The summed E-state index contributed by atoms with van der Waals surface area (Å²) in [6.45, 7) is 7.93. The molecular formula is C19H24FNO2. The summed E-state index contributed by atoms with van der Waals surface area (Å²) >= 11 is 0. The fourth-order valence-electron chi connectivity index (χ4n) is 2.05. The number of carboxylic acids is 1. The smallest absolute Gasteiger partial charge is 0.310 e. The number of carboxylic acid groups (broad SMARTS) is 1. The van der Waals surface area contributed by atoms with Crippen molar-refractivity contribution in [2.24, 2.45) is 0 Å². The van der Waals surface area contributed by atoms with E-state index in [9.17, 15) is 9.18 Å². The average Bonchev–Trinajstić information content (AvgIpc) is 2.56. The Morgan fingerprint density at radius 3 is 2.17 bits per heavy atom. The molecule has 2 N–H and O–H groups in total. The van der Waals surface area contributed by atoms with Crippen LogP contribution >= 0.6 is 0 Å². The van der Waals surface area contributed by atoms with Gasteiger partial charge >= 0.3 is 5.97 Å². The van der Waals surface area contributed by atoms with Gasteiger partial charge in [-0.1, -0.05) is 56.3 Å². The first-order valence-corrected chi connectivity index (χ1v) is 7.79. The molecule has 1 unspecified atom stereocenters. The molecule has 0 saturated carbocycles. The minimum Gasteiger partial charge on any atom is -0.481 e. The number of benzene rings is 2. The van der Waals surface area contributed by atoms with Crippen LogP contribution in [0, 0.1) is 5.82 Å². The first-order chi connectivity index (χ1) is 11.0. The number of nitrogens with one attached hydrogen (secondary N) is 1. The molecule has 0 aliphatic rings. The van der Waals surface area contributed by atoms with E-state index >= 15 is 0 Å². The van der Waals surface area contributed by atoms with Gasteiger partial charge in [0.2, 0.25) is 0 Å². The highest BCUT2D eigenvalue weighted by molar-refractivity contribution is 5.76. The third-order valence-electron chi connectivity index (χ3n) is 3.45.